The molecule has 102 valence electrons. The lowest BCUT2D eigenvalue weighted by atomic mass is 9.82. The van der Waals surface area contributed by atoms with Crippen molar-refractivity contribution in [3.8, 4) is 6.07 Å². The van der Waals surface area contributed by atoms with Crippen LogP contribution in [0.25, 0.3) is 0 Å². The van der Waals surface area contributed by atoms with Crippen molar-refractivity contribution in [3.63, 3.8) is 0 Å². The summed E-state index contributed by atoms with van der Waals surface area (Å²) in [4.78, 5) is 11.8. The van der Waals surface area contributed by atoms with Crippen molar-refractivity contribution in [1.82, 2.24) is 10.4 Å². The Bertz CT molecular complexity index is 319. The molecular formula is C12H21N3O3. The van der Waals surface area contributed by atoms with E-state index < -0.39 is 17.6 Å². The summed E-state index contributed by atoms with van der Waals surface area (Å²) in [5, 5.41) is 31.5. The van der Waals surface area contributed by atoms with Gasteiger partial charge in [-0.25, -0.2) is 5.06 Å². The molecule has 3 N–H and O–H groups in total. The first-order chi connectivity index (χ1) is 8.52. The Balaban J connectivity index is 2.53. The Morgan fingerprint density at radius 1 is 1.50 bits per heavy atom. The van der Waals surface area contributed by atoms with Gasteiger partial charge < -0.3 is 10.4 Å². The molecule has 1 atom stereocenters. The van der Waals surface area contributed by atoms with E-state index in [0.29, 0.717) is 17.9 Å². The van der Waals surface area contributed by atoms with Crippen LogP contribution >= 0.6 is 0 Å². The van der Waals surface area contributed by atoms with E-state index in [2.05, 4.69) is 11.4 Å². The van der Waals surface area contributed by atoms with Crippen LogP contribution in [0.2, 0.25) is 0 Å². The minimum absolute atomic E-state index is 0.0785. The maximum Gasteiger partial charge on any atom is 0.261 e. The van der Waals surface area contributed by atoms with Crippen molar-refractivity contribution >= 4 is 5.91 Å². The maximum absolute atomic E-state index is 11.8. The van der Waals surface area contributed by atoms with Gasteiger partial charge in [-0.1, -0.05) is 6.42 Å². The molecule has 1 aliphatic rings. The molecule has 1 rings (SSSR count). The number of nitriles is 1. The number of nitrogens with one attached hydrogen (secondary N) is 1. The minimum atomic E-state index is -1.07. The van der Waals surface area contributed by atoms with Crippen LogP contribution in [0.15, 0.2) is 0 Å². The summed E-state index contributed by atoms with van der Waals surface area (Å²) in [5.41, 5.74) is -1.07. The second-order valence-corrected chi connectivity index (χ2v) is 4.89. The van der Waals surface area contributed by atoms with Crippen LogP contribution in [0.3, 0.4) is 0 Å². The van der Waals surface area contributed by atoms with Crippen molar-refractivity contribution in [1.29, 1.82) is 5.26 Å². The first-order valence-electron chi connectivity index (χ1n) is 6.34. The third-order valence-electron chi connectivity index (χ3n) is 3.25. The van der Waals surface area contributed by atoms with Crippen molar-refractivity contribution in [3.05, 3.63) is 0 Å². The van der Waals surface area contributed by atoms with Crippen LogP contribution in [-0.2, 0) is 4.79 Å². The molecule has 0 saturated heterocycles. The monoisotopic (exact) mass is 255 g/mol. The van der Waals surface area contributed by atoms with Gasteiger partial charge in [-0.05, 0) is 32.6 Å². The lowest BCUT2D eigenvalue weighted by molar-refractivity contribution is -0.189. The van der Waals surface area contributed by atoms with E-state index >= 15 is 0 Å². The van der Waals surface area contributed by atoms with E-state index in [0.717, 1.165) is 19.3 Å². The van der Waals surface area contributed by atoms with Gasteiger partial charge in [0.2, 0.25) is 0 Å². The molecule has 18 heavy (non-hydrogen) atoms. The molecule has 1 unspecified atom stereocenters. The molecule has 6 nitrogen and oxygen atoms in total. The molecule has 0 aromatic carbocycles. The second kappa shape index (κ2) is 6.69. The predicted molar refractivity (Wildman–Crippen MR) is 64.6 cm³/mol. The van der Waals surface area contributed by atoms with Gasteiger partial charge in [-0.3, -0.25) is 10.0 Å². The zero-order valence-corrected chi connectivity index (χ0v) is 10.7. The third-order valence-corrected chi connectivity index (χ3v) is 3.25. The SMILES string of the molecule is CC(O)CNCC(=O)N(O)C1(C#N)CCCCC1. The summed E-state index contributed by atoms with van der Waals surface area (Å²) >= 11 is 0. The fraction of sp³-hybridized carbons (Fsp3) is 0.833. The Hall–Kier alpha value is -1.16. The number of aliphatic hydroxyl groups is 1. The first kappa shape index (κ1) is 14.9. The second-order valence-electron chi connectivity index (χ2n) is 4.89. The highest BCUT2D eigenvalue weighted by Crippen LogP contribution is 2.32. The number of carbonyl (C=O) groups is 1. The largest absolute Gasteiger partial charge is 0.392 e. The zero-order chi connectivity index (χ0) is 13.6. The molecule has 1 amide bonds. The third kappa shape index (κ3) is 3.67. The first-order valence-corrected chi connectivity index (χ1v) is 6.34. The molecule has 0 aliphatic heterocycles. The van der Waals surface area contributed by atoms with Crippen LogP contribution in [0, 0.1) is 11.3 Å². The van der Waals surface area contributed by atoms with Gasteiger partial charge in [0, 0.05) is 6.54 Å². The summed E-state index contributed by atoms with van der Waals surface area (Å²) in [5.74, 6) is -0.529. The van der Waals surface area contributed by atoms with Crippen LogP contribution < -0.4 is 5.32 Å². The molecule has 1 aliphatic carbocycles. The Kier molecular flexibility index (Phi) is 5.54. The molecular weight excluding hydrogens is 234 g/mol. The fourth-order valence-corrected chi connectivity index (χ4v) is 2.21. The average molecular weight is 255 g/mol. The van der Waals surface area contributed by atoms with Gasteiger partial charge in [-0.15, -0.1) is 0 Å². The van der Waals surface area contributed by atoms with Crippen LogP contribution in [-0.4, -0.2) is 46.0 Å². The topological polar surface area (TPSA) is 96.6 Å². The highest BCUT2D eigenvalue weighted by atomic mass is 16.5. The lowest BCUT2D eigenvalue weighted by Gasteiger charge is -2.36. The average Bonchev–Trinajstić information content (AvgIpc) is 2.38. The van der Waals surface area contributed by atoms with Gasteiger partial charge in [0.15, 0.2) is 5.54 Å². The Morgan fingerprint density at radius 3 is 2.61 bits per heavy atom. The van der Waals surface area contributed by atoms with E-state index in [-0.39, 0.29) is 13.1 Å². The molecule has 1 fully saturated rings. The quantitative estimate of drug-likeness (QED) is 0.488. The number of hydrogen-bond acceptors (Lipinski definition) is 5. The normalized spacial score (nSPS) is 19.9. The smallest absolute Gasteiger partial charge is 0.261 e. The van der Waals surface area contributed by atoms with Crippen molar-refractivity contribution in [2.75, 3.05) is 13.1 Å². The number of hydrogen-bond donors (Lipinski definition) is 3. The van der Waals surface area contributed by atoms with Gasteiger partial charge in [0.25, 0.3) is 5.91 Å². The Morgan fingerprint density at radius 2 is 2.11 bits per heavy atom. The van der Waals surface area contributed by atoms with E-state index in [9.17, 15) is 15.3 Å². The van der Waals surface area contributed by atoms with Gasteiger partial charge in [0.1, 0.15) is 0 Å². The van der Waals surface area contributed by atoms with E-state index in [1.54, 1.807) is 6.92 Å². The van der Waals surface area contributed by atoms with Crippen molar-refractivity contribution in [2.24, 2.45) is 0 Å². The van der Waals surface area contributed by atoms with Gasteiger partial charge in [-0.2, -0.15) is 5.26 Å². The minimum Gasteiger partial charge on any atom is -0.392 e. The maximum atomic E-state index is 11.8. The standard InChI is InChI=1S/C12H21N3O3/c1-10(16)7-14-8-11(17)15(18)12(9-13)5-3-2-4-6-12/h10,14,16,18H,2-8H2,1H3. The molecule has 0 aromatic rings. The summed E-state index contributed by atoms with van der Waals surface area (Å²) in [6, 6.07) is 2.08. The van der Waals surface area contributed by atoms with Gasteiger partial charge in [0.05, 0.1) is 18.7 Å². The van der Waals surface area contributed by atoms with Gasteiger partial charge >= 0.3 is 0 Å². The zero-order valence-electron chi connectivity index (χ0n) is 10.7. The number of hydroxylamine groups is 2. The summed E-state index contributed by atoms with van der Waals surface area (Å²) in [7, 11) is 0. The number of rotatable bonds is 5. The van der Waals surface area contributed by atoms with Crippen LogP contribution in [0.4, 0.5) is 0 Å². The predicted octanol–water partition coefficient (Wildman–Crippen LogP) is 0.401. The highest BCUT2D eigenvalue weighted by molar-refractivity contribution is 5.78. The van der Waals surface area contributed by atoms with Crippen LogP contribution in [0.1, 0.15) is 39.0 Å². The number of amides is 1. The molecule has 1 saturated carbocycles. The molecule has 6 heteroatoms. The van der Waals surface area contributed by atoms with Crippen molar-refractivity contribution in [2.45, 2.75) is 50.7 Å². The highest BCUT2D eigenvalue weighted by Gasteiger charge is 2.40. The van der Waals surface area contributed by atoms with E-state index in [4.69, 9.17) is 5.11 Å². The summed E-state index contributed by atoms with van der Waals surface area (Å²) in [6.45, 7) is 1.80. The molecule has 0 radical (unpaired) electrons. The van der Waals surface area contributed by atoms with Crippen LogP contribution in [0.5, 0.6) is 0 Å². The van der Waals surface area contributed by atoms with Crippen molar-refractivity contribution < 1.29 is 15.1 Å². The molecule has 0 spiro atoms. The molecule has 0 aromatic heterocycles. The lowest BCUT2D eigenvalue weighted by Crippen LogP contribution is -2.52. The molecule has 0 bridgehead atoms. The Labute approximate surface area is 107 Å². The van der Waals surface area contributed by atoms with E-state index in [1.165, 1.54) is 0 Å². The van der Waals surface area contributed by atoms with E-state index in [1.807, 2.05) is 0 Å². The number of carbonyl (C=O) groups excluding carboxylic acids is 1. The number of aliphatic hydroxyl groups excluding tert-OH is 1. The summed E-state index contributed by atoms with van der Waals surface area (Å²) < 4.78 is 0. The number of nitrogens with zero attached hydrogens (tertiary/aromatic N) is 2. The molecule has 0 heterocycles. The summed E-state index contributed by atoms with van der Waals surface area (Å²) in [6.07, 6.45) is 3.21. The fourth-order valence-electron chi connectivity index (χ4n) is 2.21.